The lowest BCUT2D eigenvalue weighted by atomic mass is 9.98. The van der Waals surface area contributed by atoms with Gasteiger partial charge in [0, 0.05) is 44.0 Å². The third-order valence-electron chi connectivity index (χ3n) is 12.6. The summed E-state index contributed by atoms with van der Waals surface area (Å²) in [5.74, 6) is 0.522. The third kappa shape index (κ3) is 6.57. The van der Waals surface area contributed by atoms with E-state index in [0.29, 0.717) is 22.9 Å². The highest BCUT2D eigenvalue weighted by Gasteiger charge is 2.17. The molecule has 0 fully saturated rings. The average molecular weight is 841 g/mol. The zero-order valence-corrected chi connectivity index (χ0v) is 35.5. The summed E-state index contributed by atoms with van der Waals surface area (Å²) >= 11 is 0. The normalized spacial score (nSPS) is 11.3. The molecule has 306 valence electrons. The molecule has 0 aliphatic heterocycles. The molecule has 0 unspecified atom stereocenters. The Morgan fingerprint density at radius 3 is 1.26 bits per heavy atom. The van der Waals surface area contributed by atoms with Crippen LogP contribution in [0.25, 0.3) is 121 Å². The van der Waals surface area contributed by atoms with Crippen LogP contribution in [0.1, 0.15) is 0 Å². The molecule has 0 bridgehead atoms. The van der Waals surface area contributed by atoms with Gasteiger partial charge in [0.1, 0.15) is 0 Å². The van der Waals surface area contributed by atoms with E-state index in [1.54, 1.807) is 18.2 Å². The van der Waals surface area contributed by atoms with Gasteiger partial charge in [-0.15, -0.1) is 0 Å². The smallest absolute Gasteiger partial charge is 0.187 e. The van der Waals surface area contributed by atoms with Crippen molar-refractivity contribution in [3.05, 3.63) is 241 Å². The van der Waals surface area contributed by atoms with Crippen molar-refractivity contribution in [3.63, 3.8) is 0 Å². The van der Waals surface area contributed by atoms with Crippen molar-refractivity contribution in [1.29, 1.82) is 0 Å². The first-order chi connectivity index (χ1) is 32.6. The Bertz CT molecular complexity index is 3810. The molecular weight excluding hydrogens is 805 g/mol. The van der Waals surface area contributed by atoms with Crippen LogP contribution in [0.4, 0.5) is 11.4 Å². The fraction of sp³-hybridized carbons (Fsp3) is 0. The molecule has 0 amide bonds. The Kier molecular flexibility index (Phi) is 9.16. The predicted molar refractivity (Wildman–Crippen MR) is 270 cm³/mol. The number of aromatic nitrogens is 4. The van der Waals surface area contributed by atoms with Crippen molar-refractivity contribution in [3.8, 4) is 67.5 Å². The highest BCUT2D eigenvalue weighted by atomic mass is 15.0. The van der Waals surface area contributed by atoms with Crippen LogP contribution in [0.5, 0.6) is 0 Å². The van der Waals surface area contributed by atoms with Crippen LogP contribution in [0.2, 0.25) is 0 Å². The summed E-state index contributed by atoms with van der Waals surface area (Å²) in [5.41, 5.74) is 16.6. The maximum Gasteiger partial charge on any atom is 0.187 e. The fourth-order valence-corrected chi connectivity index (χ4v) is 9.39. The van der Waals surface area contributed by atoms with E-state index in [-0.39, 0.29) is 0 Å². The van der Waals surface area contributed by atoms with Crippen molar-refractivity contribution in [1.82, 2.24) is 19.1 Å². The van der Waals surface area contributed by atoms with E-state index >= 15 is 0 Å². The minimum Gasteiger partial charge on any atom is -0.309 e. The van der Waals surface area contributed by atoms with Crippen molar-refractivity contribution in [2.75, 3.05) is 0 Å². The van der Waals surface area contributed by atoms with Crippen molar-refractivity contribution in [2.45, 2.75) is 0 Å². The Hall–Kier alpha value is -9.36. The molecule has 0 aliphatic carbocycles. The molecule has 12 rings (SSSR count). The van der Waals surface area contributed by atoms with E-state index in [1.807, 2.05) is 36.4 Å². The van der Waals surface area contributed by atoms with Gasteiger partial charge < -0.3 is 9.13 Å². The van der Waals surface area contributed by atoms with Gasteiger partial charge in [-0.25, -0.2) is 19.7 Å². The SMILES string of the molecule is [C-]#[N+]c1cccc(-c2cc(-c3ccc(-c4ccc(-c5ccc(-n6c7ccccc7c7cc(-n8c9ccccc9c9ccccc98)ccc76)cc5)cc4)cc3)nc(-c3cccc([N+]#[C-])c3)n2)c1. The van der Waals surface area contributed by atoms with Crippen LogP contribution in [0.15, 0.2) is 218 Å². The van der Waals surface area contributed by atoms with Crippen LogP contribution in [-0.4, -0.2) is 19.1 Å². The lowest BCUT2D eigenvalue weighted by molar-refractivity contribution is 1.17. The van der Waals surface area contributed by atoms with Gasteiger partial charge in [0.05, 0.1) is 46.6 Å². The Morgan fingerprint density at radius 1 is 0.303 bits per heavy atom. The number of fused-ring (bicyclic) bond motifs is 6. The van der Waals surface area contributed by atoms with Crippen LogP contribution in [0, 0.1) is 13.1 Å². The molecule has 3 aromatic heterocycles. The summed E-state index contributed by atoms with van der Waals surface area (Å²) in [4.78, 5) is 17.1. The molecule has 0 radical (unpaired) electrons. The lowest BCUT2D eigenvalue weighted by Gasteiger charge is -2.12. The van der Waals surface area contributed by atoms with Gasteiger partial charge in [-0.1, -0.05) is 152 Å². The second kappa shape index (κ2) is 15.8. The van der Waals surface area contributed by atoms with Crippen LogP contribution < -0.4 is 0 Å². The first-order valence-electron chi connectivity index (χ1n) is 21.8. The molecule has 0 aliphatic rings. The monoisotopic (exact) mass is 840 g/mol. The van der Waals surface area contributed by atoms with Gasteiger partial charge in [-0.05, 0) is 94.5 Å². The zero-order chi connectivity index (χ0) is 44.1. The van der Waals surface area contributed by atoms with Crippen molar-refractivity contribution < 1.29 is 0 Å². The summed E-state index contributed by atoms with van der Waals surface area (Å²) in [7, 11) is 0. The maximum absolute atomic E-state index is 7.54. The average Bonchev–Trinajstić information content (AvgIpc) is 3.91. The van der Waals surface area contributed by atoms with Gasteiger partial charge in [-0.3, -0.25) is 0 Å². The van der Waals surface area contributed by atoms with E-state index in [1.165, 1.54) is 43.6 Å². The zero-order valence-electron chi connectivity index (χ0n) is 35.5. The molecule has 66 heavy (non-hydrogen) atoms. The molecule has 0 saturated carbocycles. The molecular formula is C60H36N6. The highest BCUT2D eigenvalue weighted by Crippen LogP contribution is 2.38. The molecule has 12 aromatic rings. The second-order valence-electron chi connectivity index (χ2n) is 16.4. The number of hydrogen-bond acceptors (Lipinski definition) is 2. The molecule has 3 heterocycles. The molecule has 9 aromatic carbocycles. The molecule has 6 heteroatoms. The quantitative estimate of drug-likeness (QED) is 0.150. The fourth-order valence-electron chi connectivity index (χ4n) is 9.39. The summed E-state index contributed by atoms with van der Waals surface area (Å²) in [6, 6.07) is 75.7. The Morgan fingerprint density at radius 2 is 0.712 bits per heavy atom. The summed E-state index contributed by atoms with van der Waals surface area (Å²) in [6.45, 7) is 15.1. The third-order valence-corrected chi connectivity index (χ3v) is 12.6. The molecule has 6 nitrogen and oxygen atoms in total. The number of nitrogens with zero attached hydrogens (tertiary/aromatic N) is 6. The van der Waals surface area contributed by atoms with E-state index < -0.39 is 0 Å². The van der Waals surface area contributed by atoms with Gasteiger partial charge in [0.25, 0.3) is 0 Å². The predicted octanol–water partition coefficient (Wildman–Crippen LogP) is 16.1. The molecule has 0 saturated heterocycles. The Balaban J connectivity index is 0.836. The number of rotatable bonds is 7. The van der Waals surface area contributed by atoms with Crippen molar-refractivity contribution in [2.24, 2.45) is 0 Å². The van der Waals surface area contributed by atoms with E-state index in [0.717, 1.165) is 56.0 Å². The second-order valence-corrected chi connectivity index (χ2v) is 16.4. The van der Waals surface area contributed by atoms with Crippen LogP contribution in [0.3, 0.4) is 0 Å². The largest absolute Gasteiger partial charge is 0.309 e. The van der Waals surface area contributed by atoms with Crippen molar-refractivity contribution >= 4 is 55.0 Å². The standard InChI is InChI=1S/C60H36N6/c1-61-46-13-9-11-44(35-46)55-38-54(63-60(64-55)45-12-10-14-47(36-45)62-2)43-27-25-41(26-28-43)39-21-23-40(24-22-39)42-29-31-48(32-30-42)65-58-20-8-5-17-52(58)53-37-49(33-34-59(53)65)66-56-18-6-3-15-50(56)51-16-4-7-19-57(51)66/h3-38H. The first kappa shape index (κ1) is 38.3. The molecule has 0 N–H and O–H groups in total. The summed E-state index contributed by atoms with van der Waals surface area (Å²) in [5, 5.41) is 4.96. The molecule has 0 atom stereocenters. The van der Waals surface area contributed by atoms with Gasteiger partial charge in [0.2, 0.25) is 0 Å². The molecule has 0 spiro atoms. The highest BCUT2D eigenvalue weighted by molar-refractivity contribution is 6.12. The number of hydrogen-bond donors (Lipinski definition) is 0. The lowest BCUT2D eigenvalue weighted by Crippen LogP contribution is -1.96. The number of para-hydroxylation sites is 3. The number of benzene rings is 9. The van der Waals surface area contributed by atoms with Gasteiger partial charge in [-0.2, -0.15) is 0 Å². The van der Waals surface area contributed by atoms with E-state index in [4.69, 9.17) is 23.1 Å². The Labute approximate surface area is 381 Å². The van der Waals surface area contributed by atoms with E-state index in [9.17, 15) is 0 Å². The van der Waals surface area contributed by atoms with Gasteiger partial charge in [0.15, 0.2) is 17.2 Å². The van der Waals surface area contributed by atoms with Crippen LogP contribution in [-0.2, 0) is 0 Å². The maximum atomic E-state index is 7.54. The summed E-state index contributed by atoms with van der Waals surface area (Å²) in [6.07, 6.45) is 0. The first-order valence-corrected chi connectivity index (χ1v) is 21.8. The minimum atomic E-state index is 0.522. The topological polar surface area (TPSA) is 44.4 Å². The minimum absolute atomic E-state index is 0.522. The van der Waals surface area contributed by atoms with Crippen LogP contribution >= 0.6 is 0 Å². The summed E-state index contributed by atoms with van der Waals surface area (Å²) < 4.78 is 4.76. The van der Waals surface area contributed by atoms with Gasteiger partial charge >= 0.3 is 0 Å². The van der Waals surface area contributed by atoms with E-state index in [2.05, 4.69) is 183 Å².